The molecule has 1 saturated carbocycles. The average Bonchev–Trinajstić information content (AvgIpc) is 2.86. The fourth-order valence-electron chi connectivity index (χ4n) is 5.00. The average molecular weight is 504 g/mol. The molecule has 0 radical (unpaired) electrons. The Morgan fingerprint density at radius 3 is 2.40 bits per heavy atom. The van der Waals surface area contributed by atoms with Crippen LogP contribution < -0.4 is 11.1 Å². The van der Waals surface area contributed by atoms with Crippen LogP contribution in [0.1, 0.15) is 25.7 Å². The minimum atomic E-state index is -0.646. The molecular weight excluding hydrogens is 469 g/mol. The van der Waals surface area contributed by atoms with Crippen molar-refractivity contribution in [2.24, 2.45) is 0 Å². The molecule has 0 unspecified atom stereocenters. The molecule has 7 N–H and O–H groups in total. The van der Waals surface area contributed by atoms with Crippen molar-refractivity contribution in [2.45, 2.75) is 37.8 Å². The first-order valence-corrected chi connectivity index (χ1v) is 12.7. The second kappa shape index (κ2) is 11.9. The highest BCUT2D eigenvalue weighted by Gasteiger charge is 2.28. The van der Waals surface area contributed by atoms with Crippen molar-refractivity contribution in [3.8, 4) is 11.1 Å². The Balaban J connectivity index is 0.00000171. The van der Waals surface area contributed by atoms with Crippen LogP contribution in [0.2, 0.25) is 0 Å². The molecule has 0 atom stereocenters. The minimum Gasteiger partial charge on any atom is -0.412 e. The molecule has 0 spiro atoms. The van der Waals surface area contributed by atoms with Crippen molar-refractivity contribution in [1.29, 1.82) is 0 Å². The molecule has 0 amide bonds. The third-order valence-corrected chi connectivity index (χ3v) is 7.80. The molecule has 1 aliphatic carbocycles. The van der Waals surface area contributed by atoms with Gasteiger partial charge in [0.15, 0.2) is 0 Å². The maximum absolute atomic E-state index is 13.5. The minimum absolute atomic E-state index is 0. The van der Waals surface area contributed by atoms with E-state index in [0.29, 0.717) is 12.1 Å². The van der Waals surface area contributed by atoms with E-state index in [2.05, 4.69) is 35.7 Å². The smallest absolute Gasteiger partial charge is 0.236 e. The van der Waals surface area contributed by atoms with Crippen molar-refractivity contribution in [2.75, 3.05) is 43.5 Å². The van der Waals surface area contributed by atoms with Crippen molar-refractivity contribution < 1.29 is 15.3 Å². The van der Waals surface area contributed by atoms with Crippen LogP contribution >= 0.6 is 11.9 Å². The van der Waals surface area contributed by atoms with Crippen LogP contribution in [-0.4, -0.2) is 79.6 Å². The fourth-order valence-corrected chi connectivity index (χ4v) is 5.53. The lowest BCUT2D eigenvalue weighted by atomic mass is 9.89. The lowest BCUT2D eigenvalue weighted by Gasteiger charge is -2.41. The molecule has 3 aromatic rings. The number of hydrogen-bond acceptors (Lipinski definition) is 8. The highest BCUT2D eigenvalue weighted by Crippen LogP contribution is 2.31. The predicted octanol–water partition coefficient (Wildman–Crippen LogP) is 2.38. The zero-order chi connectivity index (χ0) is 22.8. The second-order valence-corrected chi connectivity index (χ2v) is 9.74. The van der Waals surface area contributed by atoms with Crippen LogP contribution in [0.5, 0.6) is 0 Å². The van der Waals surface area contributed by atoms with E-state index in [0.717, 1.165) is 53.8 Å². The first kappa shape index (κ1) is 27.0. The van der Waals surface area contributed by atoms with Crippen molar-refractivity contribution in [3.63, 3.8) is 0 Å². The van der Waals surface area contributed by atoms with Gasteiger partial charge in [0.05, 0.1) is 11.2 Å². The summed E-state index contributed by atoms with van der Waals surface area (Å²) < 4.78 is 16.0. The molecule has 2 fully saturated rings. The van der Waals surface area contributed by atoms with Gasteiger partial charge in [-0.25, -0.2) is 19.3 Å². The van der Waals surface area contributed by atoms with E-state index in [1.807, 2.05) is 30.1 Å². The van der Waals surface area contributed by atoms with Gasteiger partial charge in [0.25, 0.3) is 0 Å². The number of pyridine rings is 1. The molecule has 2 aromatic heterocycles. The molecule has 1 aromatic carbocycles. The molecular formula is C24H34FN7O2S. The van der Waals surface area contributed by atoms with Gasteiger partial charge in [-0.1, -0.05) is 18.0 Å². The zero-order valence-electron chi connectivity index (χ0n) is 19.9. The standard InChI is InChI=1S/C24H30FN7S.2H2O/c1-33-32-10-8-31(9-11-32)19-5-3-18(4-6-19)30-24-20-12-16(2-7-22(20)28-15-29-24)17-13-21(26)23(25)27-14-17;;/h2,7,12-15,18-19H,3-6,8-11,26H2,1H3,(H,28,29,30);2*1H2. The number of fused-ring (bicyclic) bond motifs is 1. The second-order valence-electron chi connectivity index (χ2n) is 8.86. The van der Waals surface area contributed by atoms with Gasteiger partial charge in [-0.15, -0.1) is 0 Å². The Hall–Kier alpha value is -2.57. The third-order valence-electron chi connectivity index (χ3n) is 6.92. The van der Waals surface area contributed by atoms with Crippen LogP contribution in [0.4, 0.5) is 15.9 Å². The van der Waals surface area contributed by atoms with Gasteiger partial charge in [-0.05, 0) is 55.7 Å². The number of rotatable bonds is 5. The maximum Gasteiger partial charge on any atom is 0.236 e. The SMILES string of the molecule is CSN1CCN(C2CCC(Nc3ncnc4ccc(-c5cnc(F)c(N)c5)cc34)CC2)CC1.O.O. The van der Waals surface area contributed by atoms with Gasteiger partial charge in [0.1, 0.15) is 12.1 Å². The quantitative estimate of drug-likeness (QED) is 0.398. The molecule has 3 heterocycles. The summed E-state index contributed by atoms with van der Waals surface area (Å²) in [5, 5.41) is 4.63. The molecule has 5 rings (SSSR count). The van der Waals surface area contributed by atoms with Gasteiger partial charge in [-0.2, -0.15) is 4.39 Å². The summed E-state index contributed by atoms with van der Waals surface area (Å²) >= 11 is 1.86. The van der Waals surface area contributed by atoms with Crippen LogP contribution in [0.3, 0.4) is 0 Å². The number of halogens is 1. The lowest BCUT2D eigenvalue weighted by molar-refractivity contribution is 0.112. The highest BCUT2D eigenvalue weighted by molar-refractivity contribution is 7.96. The van der Waals surface area contributed by atoms with Gasteiger partial charge >= 0.3 is 0 Å². The molecule has 1 saturated heterocycles. The molecule has 2 aliphatic rings. The van der Waals surface area contributed by atoms with E-state index in [1.165, 1.54) is 32.1 Å². The zero-order valence-corrected chi connectivity index (χ0v) is 20.7. The maximum atomic E-state index is 13.5. The van der Waals surface area contributed by atoms with Crippen LogP contribution in [0.25, 0.3) is 22.0 Å². The van der Waals surface area contributed by atoms with E-state index in [9.17, 15) is 4.39 Å². The lowest BCUT2D eigenvalue weighted by Crippen LogP contribution is -2.49. The largest absolute Gasteiger partial charge is 0.412 e. The Kier molecular flexibility index (Phi) is 9.20. The van der Waals surface area contributed by atoms with Gasteiger partial charge in [-0.3, -0.25) is 4.90 Å². The summed E-state index contributed by atoms with van der Waals surface area (Å²) in [5.41, 5.74) is 8.32. The first-order chi connectivity index (χ1) is 16.1. The van der Waals surface area contributed by atoms with E-state index in [-0.39, 0.29) is 16.6 Å². The molecule has 1 aliphatic heterocycles. The number of nitrogens with zero attached hydrogens (tertiary/aromatic N) is 5. The Bertz CT molecular complexity index is 1120. The molecule has 35 heavy (non-hydrogen) atoms. The van der Waals surface area contributed by atoms with Gasteiger partial charge < -0.3 is 22.0 Å². The summed E-state index contributed by atoms with van der Waals surface area (Å²) in [5.74, 6) is 0.203. The van der Waals surface area contributed by atoms with Crippen molar-refractivity contribution in [3.05, 3.63) is 42.7 Å². The van der Waals surface area contributed by atoms with Gasteiger partial charge in [0.2, 0.25) is 5.95 Å². The van der Waals surface area contributed by atoms with Crippen molar-refractivity contribution >= 4 is 34.4 Å². The Morgan fingerprint density at radius 1 is 0.971 bits per heavy atom. The monoisotopic (exact) mass is 503 g/mol. The number of aromatic nitrogens is 3. The number of nitrogens with one attached hydrogen (secondary N) is 1. The normalized spacial score (nSPS) is 21.2. The summed E-state index contributed by atoms with van der Waals surface area (Å²) in [6.07, 6.45) is 9.98. The predicted molar refractivity (Wildman–Crippen MR) is 141 cm³/mol. The van der Waals surface area contributed by atoms with Crippen LogP contribution in [0.15, 0.2) is 36.8 Å². The highest BCUT2D eigenvalue weighted by atomic mass is 32.2. The number of nitrogens with two attached hydrogens (primary N) is 1. The first-order valence-electron chi connectivity index (χ1n) is 11.6. The number of anilines is 2. The number of benzene rings is 1. The van der Waals surface area contributed by atoms with Crippen LogP contribution in [-0.2, 0) is 0 Å². The van der Waals surface area contributed by atoms with Crippen LogP contribution in [0, 0.1) is 5.95 Å². The molecule has 9 nitrogen and oxygen atoms in total. The summed E-state index contributed by atoms with van der Waals surface area (Å²) in [6, 6.07) is 8.65. The molecule has 0 bridgehead atoms. The van der Waals surface area contributed by atoms with E-state index < -0.39 is 5.95 Å². The Morgan fingerprint density at radius 2 is 1.71 bits per heavy atom. The number of hydrogen-bond donors (Lipinski definition) is 2. The summed E-state index contributed by atoms with van der Waals surface area (Å²) in [4.78, 5) is 15.4. The summed E-state index contributed by atoms with van der Waals surface area (Å²) in [6.45, 7) is 4.66. The fraction of sp³-hybridized carbons (Fsp3) is 0.458. The van der Waals surface area contributed by atoms with Crippen molar-refractivity contribution in [1.82, 2.24) is 24.2 Å². The number of piperazine rings is 1. The van der Waals surface area contributed by atoms with E-state index in [4.69, 9.17) is 5.73 Å². The van der Waals surface area contributed by atoms with E-state index in [1.54, 1.807) is 12.4 Å². The summed E-state index contributed by atoms with van der Waals surface area (Å²) in [7, 11) is 0. The van der Waals surface area contributed by atoms with E-state index >= 15 is 0 Å². The third kappa shape index (κ3) is 5.99. The topological polar surface area (TPSA) is 146 Å². The van der Waals surface area contributed by atoms with Gasteiger partial charge in [0, 0.05) is 55.4 Å². The number of nitrogen functional groups attached to an aromatic ring is 1. The molecule has 11 heteroatoms. The Labute approximate surface area is 209 Å². The molecule has 190 valence electrons.